The topological polar surface area (TPSA) is 69.6 Å². The molecule has 19 heavy (non-hydrogen) atoms. The van der Waals surface area contributed by atoms with Gasteiger partial charge in [0.05, 0.1) is 17.8 Å². The lowest BCUT2D eigenvalue weighted by molar-refractivity contribution is 0.624. The van der Waals surface area contributed by atoms with Crippen LogP contribution in [-0.2, 0) is 13.0 Å². The molecular formula is C14H15N5. The Labute approximate surface area is 111 Å². The Morgan fingerprint density at radius 1 is 1.21 bits per heavy atom. The number of pyridine rings is 1. The fraction of sp³-hybridized carbons (Fsp3) is 0.214. The quantitative estimate of drug-likeness (QED) is 0.775. The van der Waals surface area contributed by atoms with E-state index in [1.165, 1.54) is 5.56 Å². The SMILES string of the molecule is CCc1c(N)nnn1Cc1ccnc2ccccc12. The maximum absolute atomic E-state index is 5.81. The highest BCUT2D eigenvalue weighted by Crippen LogP contribution is 2.18. The van der Waals surface area contributed by atoms with Gasteiger partial charge < -0.3 is 5.73 Å². The number of anilines is 1. The van der Waals surface area contributed by atoms with Gasteiger partial charge in [-0.3, -0.25) is 4.98 Å². The van der Waals surface area contributed by atoms with Gasteiger partial charge in [-0.05, 0) is 24.1 Å². The highest BCUT2D eigenvalue weighted by molar-refractivity contribution is 5.81. The molecule has 0 spiro atoms. The minimum Gasteiger partial charge on any atom is -0.381 e. The second-order valence-corrected chi connectivity index (χ2v) is 4.42. The van der Waals surface area contributed by atoms with E-state index in [4.69, 9.17) is 5.73 Å². The van der Waals surface area contributed by atoms with Gasteiger partial charge in [-0.1, -0.05) is 30.3 Å². The zero-order chi connectivity index (χ0) is 13.2. The van der Waals surface area contributed by atoms with Gasteiger partial charge in [0.25, 0.3) is 0 Å². The molecule has 0 bridgehead atoms. The van der Waals surface area contributed by atoms with E-state index < -0.39 is 0 Å². The van der Waals surface area contributed by atoms with Crippen LogP contribution in [0.1, 0.15) is 18.2 Å². The molecule has 2 heterocycles. The summed E-state index contributed by atoms with van der Waals surface area (Å²) >= 11 is 0. The van der Waals surface area contributed by atoms with E-state index in [1.54, 1.807) is 0 Å². The largest absolute Gasteiger partial charge is 0.381 e. The summed E-state index contributed by atoms with van der Waals surface area (Å²) in [5.74, 6) is 0.515. The first-order valence-corrected chi connectivity index (χ1v) is 6.30. The fourth-order valence-corrected chi connectivity index (χ4v) is 2.29. The molecule has 2 aromatic heterocycles. The third-order valence-electron chi connectivity index (χ3n) is 3.26. The van der Waals surface area contributed by atoms with Crippen molar-refractivity contribution in [1.29, 1.82) is 0 Å². The zero-order valence-corrected chi connectivity index (χ0v) is 10.7. The maximum atomic E-state index is 5.81. The average molecular weight is 253 g/mol. The minimum absolute atomic E-state index is 0.515. The molecule has 96 valence electrons. The molecule has 2 N–H and O–H groups in total. The molecule has 0 amide bonds. The van der Waals surface area contributed by atoms with Crippen LogP contribution in [0.25, 0.3) is 10.9 Å². The summed E-state index contributed by atoms with van der Waals surface area (Å²) < 4.78 is 1.86. The molecule has 0 aliphatic rings. The van der Waals surface area contributed by atoms with Crippen molar-refractivity contribution in [2.24, 2.45) is 0 Å². The van der Waals surface area contributed by atoms with Crippen molar-refractivity contribution in [3.05, 3.63) is 47.8 Å². The predicted octanol–water partition coefficient (Wildman–Crippen LogP) is 2.02. The van der Waals surface area contributed by atoms with Crippen LogP contribution >= 0.6 is 0 Å². The van der Waals surface area contributed by atoms with Crippen molar-refractivity contribution in [2.75, 3.05) is 5.73 Å². The number of hydrogen-bond donors (Lipinski definition) is 1. The Kier molecular flexibility index (Phi) is 2.87. The molecule has 0 atom stereocenters. The van der Waals surface area contributed by atoms with Crippen LogP contribution in [0.3, 0.4) is 0 Å². The predicted molar refractivity (Wildman–Crippen MR) is 74.7 cm³/mol. The lowest BCUT2D eigenvalue weighted by atomic mass is 10.1. The third kappa shape index (κ3) is 2.03. The van der Waals surface area contributed by atoms with Crippen LogP contribution in [0.4, 0.5) is 5.82 Å². The summed E-state index contributed by atoms with van der Waals surface area (Å²) in [5, 5.41) is 9.19. The number of nitrogens with two attached hydrogens (primary N) is 1. The van der Waals surface area contributed by atoms with Crippen LogP contribution < -0.4 is 5.73 Å². The van der Waals surface area contributed by atoms with Crippen LogP contribution in [0.15, 0.2) is 36.5 Å². The number of para-hydroxylation sites is 1. The fourth-order valence-electron chi connectivity index (χ4n) is 2.29. The van der Waals surface area contributed by atoms with Crippen molar-refractivity contribution in [1.82, 2.24) is 20.0 Å². The van der Waals surface area contributed by atoms with Crippen LogP contribution in [-0.4, -0.2) is 20.0 Å². The van der Waals surface area contributed by atoms with Crippen LogP contribution in [0.2, 0.25) is 0 Å². The first-order chi connectivity index (χ1) is 9.29. The average Bonchev–Trinajstić information content (AvgIpc) is 2.79. The molecule has 0 fully saturated rings. The summed E-state index contributed by atoms with van der Waals surface area (Å²) in [4.78, 5) is 4.36. The summed E-state index contributed by atoms with van der Waals surface area (Å²) in [6, 6.07) is 10.1. The third-order valence-corrected chi connectivity index (χ3v) is 3.26. The van der Waals surface area contributed by atoms with E-state index >= 15 is 0 Å². The van der Waals surface area contributed by atoms with Gasteiger partial charge in [0.1, 0.15) is 0 Å². The van der Waals surface area contributed by atoms with Gasteiger partial charge in [-0.25, -0.2) is 4.68 Å². The van der Waals surface area contributed by atoms with E-state index in [2.05, 4.69) is 28.3 Å². The monoisotopic (exact) mass is 253 g/mol. The normalized spacial score (nSPS) is 11.0. The van der Waals surface area contributed by atoms with Crippen LogP contribution in [0.5, 0.6) is 0 Å². The lowest BCUT2D eigenvalue weighted by Crippen LogP contribution is -2.07. The van der Waals surface area contributed by atoms with Crippen molar-refractivity contribution in [3.8, 4) is 0 Å². The molecule has 0 saturated carbocycles. The van der Waals surface area contributed by atoms with E-state index in [0.717, 1.165) is 23.0 Å². The second-order valence-electron chi connectivity index (χ2n) is 4.42. The van der Waals surface area contributed by atoms with Gasteiger partial charge in [0.15, 0.2) is 5.82 Å². The molecular weight excluding hydrogens is 238 g/mol. The van der Waals surface area contributed by atoms with Crippen molar-refractivity contribution < 1.29 is 0 Å². The van der Waals surface area contributed by atoms with E-state index in [-0.39, 0.29) is 0 Å². The second kappa shape index (κ2) is 4.68. The van der Waals surface area contributed by atoms with Gasteiger partial charge in [0.2, 0.25) is 0 Å². The van der Waals surface area contributed by atoms with E-state index in [1.807, 2.05) is 35.1 Å². The van der Waals surface area contributed by atoms with Gasteiger partial charge >= 0.3 is 0 Å². The first kappa shape index (κ1) is 11.6. The van der Waals surface area contributed by atoms with E-state index in [0.29, 0.717) is 12.4 Å². The van der Waals surface area contributed by atoms with E-state index in [9.17, 15) is 0 Å². The Balaban J connectivity index is 2.06. The molecule has 0 aliphatic heterocycles. The molecule has 3 aromatic rings. The minimum atomic E-state index is 0.515. The molecule has 5 nitrogen and oxygen atoms in total. The lowest BCUT2D eigenvalue weighted by Gasteiger charge is -2.08. The smallest absolute Gasteiger partial charge is 0.169 e. The molecule has 0 aliphatic carbocycles. The number of fused-ring (bicyclic) bond motifs is 1. The summed E-state index contributed by atoms with van der Waals surface area (Å²) in [5.41, 5.74) is 8.95. The molecule has 3 rings (SSSR count). The van der Waals surface area contributed by atoms with Crippen molar-refractivity contribution in [3.63, 3.8) is 0 Å². The number of rotatable bonds is 3. The Hall–Kier alpha value is -2.43. The van der Waals surface area contributed by atoms with Gasteiger partial charge in [0, 0.05) is 11.6 Å². The summed E-state index contributed by atoms with van der Waals surface area (Å²) in [7, 11) is 0. The Morgan fingerprint density at radius 3 is 2.89 bits per heavy atom. The number of aromatic nitrogens is 4. The number of nitrogens with zero attached hydrogens (tertiary/aromatic N) is 4. The number of benzene rings is 1. The highest BCUT2D eigenvalue weighted by atomic mass is 15.4. The standard InChI is InChI=1S/C14H15N5/c1-2-13-14(15)17-18-19(13)9-10-7-8-16-12-6-4-3-5-11(10)12/h3-8H,2,9,15H2,1H3. The number of hydrogen-bond acceptors (Lipinski definition) is 4. The van der Waals surface area contributed by atoms with Gasteiger partial charge in [-0.15, -0.1) is 5.10 Å². The number of nitrogen functional groups attached to an aromatic ring is 1. The molecule has 0 unspecified atom stereocenters. The summed E-state index contributed by atoms with van der Waals surface area (Å²) in [6.45, 7) is 2.71. The first-order valence-electron chi connectivity index (χ1n) is 6.30. The highest BCUT2D eigenvalue weighted by Gasteiger charge is 2.10. The Bertz CT molecular complexity index is 711. The van der Waals surface area contributed by atoms with Crippen molar-refractivity contribution in [2.45, 2.75) is 19.9 Å². The Morgan fingerprint density at radius 2 is 2.05 bits per heavy atom. The molecule has 5 heteroatoms. The molecule has 0 saturated heterocycles. The zero-order valence-electron chi connectivity index (χ0n) is 10.7. The van der Waals surface area contributed by atoms with Gasteiger partial charge in [-0.2, -0.15) is 0 Å². The summed E-state index contributed by atoms with van der Waals surface area (Å²) in [6.07, 6.45) is 2.64. The molecule has 0 radical (unpaired) electrons. The maximum Gasteiger partial charge on any atom is 0.169 e. The van der Waals surface area contributed by atoms with Crippen LogP contribution in [0, 0.1) is 0 Å². The van der Waals surface area contributed by atoms with Crippen molar-refractivity contribution >= 4 is 16.7 Å². The molecule has 1 aromatic carbocycles.